The Morgan fingerprint density at radius 2 is 2.13 bits per heavy atom. The highest BCUT2D eigenvalue weighted by molar-refractivity contribution is 7.89. The van der Waals surface area contributed by atoms with Crippen molar-refractivity contribution < 1.29 is 17.9 Å². The van der Waals surface area contributed by atoms with E-state index in [9.17, 15) is 8.42 Å². The monoisotopic (exact) mass is 338 g/mol. The summed E-state index contributed by atoms with van der Waals surface area (Å²) in [6.07, 6.45) is 3.21. The Labute approximate surface area is 136 Å². The Morgan fingerprint density at radius 1 is 1.26 bits per heavy atom. The Hall–Kier alpha value is -1.15. The smallest absolute Gasteiger partial charge is 0.240 e. The molecule has 0 spiro atoms. The van der Waals surface area contributed by atoms with E-state index in [2.05, 4.69) is 9.62 Å². The molecule has 4 rings (SSSR count). The minimum absolute atomic E-state index is 0.0723. The van der Waals surface area contributed by atoms with E-state index in [4.69, 9.17) is 9.47 Å². The number of ether oxygens (including phenoxy) is 2. The second kappa shape index (κ2) is 6.05. The van der Waals surface area contributed by atoms with Gasteiger partial charge in [0.1, 0.15) is 5.75 Å². The highest BCUT2D eigenvalue weighted by atomic mass is 32.2. The quantitative estimate of drug-likeness (QED) is 0.859. The lowest BCUT2D eigenvalue weighted by atomic mass is 10.2. The molecular formula is C16H22N2O4S. The molecule has 1 saturated heterocycles. The van der Waals surface area contributed by atoms with Crippen molar-refractivity contribution in [2.45, 2.75) is 36.3 Å². The van der Waals surface area contributed by atoms with Gasteiger partial charge in [0, 0.05) is 32.1 Å². The van der Waals surface area contributed by atoms with Gasteiger partial charge >= 0.3 is 0 Å². The third kappa shape index (κ3) is 3.38. The van der Waals surface area contributed by atoms with Gasteiger partial charge in [-0.05, 0) is 36.6 Å². The van der Waals surface area contributed by atoms with Crippen LogP contribution >= 0.6 is 0 Å². The van der Waals surface area contributed by atoms with E-state index in [-0.39, 0.29) is 6.10 Å². The molecule has 0 radical (unpaired) electrons. The van der Waals surface area contributed by atoms with Crippen molar-refractivity contribution in [2.24, 2.45) is 0 Å². The highest BCUT2D eigenvalue weighted by Crippen LogP contribution is 2.29. The van der Waals surface area contributed by atoms with E-state index in [1.165, 1.54) is 12.8 Å². The fourth-order valence-electron chi connectivity index (χ4n) is 3.25. The number of benzene rings is 1. The molecule has 1 unspecified atom stereocenters. The van der Waals surface area contributed by atoms with Crippen LogP contribution in [0.1, 0.15) is 18.4 Å². The molecule has 0 bridgehead atoms. The highest BCUT2D eigenvalue weighted by Gasteiger charge is 2.33. The standard InChI is InChI=1S/C16H22N2O4S/c19-23(20,15-3-4-16-12(9-15)5-7-22-16)17-10-14-11-18(6-8-21-14)13-1-2-13/h3-4,9,13-14,17H,1-2,5-8,10-11H2. The fourth-order valence-corrected chi connectivity index (χ4v) is 4.37. The summed E-state index contributed by atoms with van der Waals surface area (Å²) in [4.78, 5) is 2.71. The maximum atomic E-state index is 12.5. The molecular weight excluding hydrogens is 316 g/mol. The zero-order valence-corrected chi connectivity index (χ0v) is 13.8. The molecule has 23 heavy (non-hydrogen) atoms. The molecule has 0 amide bonds. The fraction of sp³-hybridized carbons (Fsp3) is 0.625. The van der Waals surface area contributed by atoms with E-state index in [0.717, 1.165) is 30.8 Å². The number of morpholine rings is 1. The molecule has 1 aliphatic carbocycles. The number of sulfonamides is 1. The first-order valence-electron chi connectivity index (χ1n) is 8.23. The second-order valence-corrected chi connectivity index (χ2v) is 8.21. The second-order valence-electron chi connectivity index (χ2n) is 6.44. The predicted molar refractivity (Wildman–Crippen MR) is 85.2 cm³/mol. The van der Waals surface area contributed by atoms with Crippen molar-refractivity contribution in [3.8, 4) is 5.75 Å². The van der Waals surface area contributed by atoms with Crippen molar-refractivity contribution in [3.63, 3.8) is 0 Å². The first kappa shape index (κ1) is 15.4. The van der Waals surface area contributed by atoms with E-state index in [1.807, 2.05) is 0 Å². The van der Waals surface area contributed by atoms with Crippen LogP contribution in [0, 0.1) is 0 Å². The summed E-state index contributed by atoms with van der Waals surface area (Å²) < 4.78 is 38.8. The summed E-state index contributed by atoms with van der Waals surface area (Å²) in [5.74, 6) is 0.791. The van der Waals surface area contributed by atoms with Crippen LogP contribution in [0.2, 0.25) is 0 Å². The Balaban J connectivity index is 1.39. The normalized spacial score (nSPS) is 25.1. The average Bonchev–Trinajstić information content (AvgIpc) is 3.31. The maximum Gasteiger partial charge on any atom is 0.240 e. The van der Waals surface area contributed by atoms with Crippen LogP contribution in [0.25, 0.3) is 0 Å². The lowest BCUT2D eigenvalue weighted by Gasteiger charge is -2.33. The van der Waals surface area contributed by atoms with Crippen molar-refractivity contribution in [1.82, 2.24) is 9.62 Å². The van der Waals surface area contributed by atoms with Gasteiger partial charge in [-0.15, -0.1) is 0 Å². The first-order valence-corrected chi connectivity index (χ1v) is 9.71. The van der Waals surface area contributed by atoms with Gasteiger partial charge in [-0.1, -0.05) is 0 Å². The summed E-state index contributed by atoms with van der Waals surface area (Å²) in [6.45, 7) is 3.39. The van der Waals surface area contributed by atoms with Gasteiger partial charge in [0.15, 0.2) is 0 Å². The minimum Gasteiger partial charge on any atom is -0.493 e. The molecule has 6 nitrogen and oxygen atoms in total. The number of fused-ring (bicyclic) bond motifs is 1. The van der Waals surface area contributed by atoms with E-state index in [0.29, 0.717) is 30.7 Å². The zero-order valence-electron chi connectivity index (χ0n) is 13.0. The van der Waals surface area contributed by atoms with E-state index >= 15 is 0 Å². The van der Waals surface area contributed by atoms with Crippen molar-refractivity contribution >= 4 is 10.0 Å². The molecule has 7 heteroatoms. The summed E-state index contributed by atoms with van der Waals surface area (Å²) in [5, 5.41) is 0. The molecule has 1 aromatic rings. The number of hydrogen-bond acceptors (Lipinski definition) is 5. The van der Waals surface area contributed by atoms with Crippen molar-refractivity contribution in [3.05, 3.63) is 23.8 Å². The molecule has 1 atom stereocenters. The minimum atomic E-state index is -3.51. The molecule has 0 aromatic heterocycles. The largest absolute Gasteiger partial charge is 0.493 e. The Morgan fingerprint density at radius 3 is 2.96 bits per heavy atom. The van der Waals surface area contributed by atoms with Crippen LogP contribution < -0.4 is 9.46 Å². The lowest BCUT2D eigenvalue weighted by molar-refractivity contribution is -0.0277. The van der Waals surface area contributed by atoms with Gasteiger partial charge in [0.2, 0.25) is 10.0 Å². The van der Waals surface area contributed by atoms with E-state index < -0.39 is 10.0 Å². The van der Waals surface area contributed by atoms with Gasteiger partial charge in [0.05, 0.1) is 24.2 Å². The van der Waals surface area contributed by atoms with Gasteiger partial charge in [-0.25, -0.2) is 13.1 Å². The van der Waals surface area contributed by atoms with Crippen LogP contribution in [-0.2, 0) is 21.2 Å². The molecule has 3 aliphatic rings. The van der Waals surface area contributed by atoms with Crippen LogP contribution in [-0.4, -0.2) is 58.3 Å². The third-order valence-electron chi connectivity index (χ3n) is 4.71. The SMILES string of the molecule is O=S(=O)(NCC1CN(C2CC2)CCO1)c1ccc2c(c1)CCO2. The van der Waals surface area contributed by atoms with Crippen molar-refractivity contribution in [1.29, 1.82) is 0 Å². The number of nitrogens with one attached hydrogen (secondary N) is 1. The van der Waals surface area contributed by atoms with Gasteiger partial charge < -0.3 is 9.47 Å². The molecule has 2 heterocycles. The predicted octanol–water partition coefficient (Wildman–Crippen LogP) is 0.763. The maximum absolute atomic E-state index is 12.5. The number of hydrogen-bond donors (Lipinski definition) is 1. The third-order valence-corrected chi connectivity index (χ3v) is 6.13. The van der Waals surface area contributed by atoms with Crippen LogP contribution in [0.5, 0.6) is 5.75 Å². The molecule has 1 aromatic carbocycles. The Bertz CT molecular complexity index is 687. The van der Waals surface area contributed by atoms with E-state index in [1.54, 1.807) is 18.2 Å². The molecule has 1 saturated carbocycles. The van der Waals surface area contributed by atoms with Gasteiger partial charge in [-0.2, -0.15) is 0 Å². The molecule has 2 fully saturated rings. The zero-order chi connectivity index (χ0) is 15.9. The molecule has 2 aliphatic heterocycles. The lowest BCUT2D eigenvalue weighted by Crippen LogP contribution is -2.48. The van der Waals surface area contributed by atoms with Gasteiger partial charge in [0.25, 0.3) is 0 Å². The Kier molecular flexibility index (Phi) is 4.05. The topological polar surface area (TPSA) is 67.9 Å². The average molecular weight is 338 g/mol. The number of rotatable bonds is 5. The summed E-state index contributed by atoms with van der Waals surface area (Å²) >= 11 is 0. The first-order chi connectivity index (χ1) is 11.1. The van der Waals surface area contributed by atoms with Crippen molar-refractivity contribution in [2.75, 3.05) is 32.8 Å². The number of nitrogens with zero attached hydrogens (tertiary/aromatic N) is 1. The molecule has 126 valence electrons. The van der Waals surface area contributed by atoms with Crippen LogP contribution in [0.4, 0.5) is 0 Å². The van der Waals surface area contributed by atoms with Crippen LogP contribution in [0.3, 0.4) is 0 Å². The molecule has 1 N–H and O–H groups in total. The van der Waals surface area contributed by atoms with Gasteiger partial charge in [-0.3, -0.25) is 4.90 Å². The summed E-state index contributed by atoms with van der Waals surface area (Å²) in [5.41, 5.74) is 0.960. The van der Waals surface area contributed by atoms with Crippen LogP contribution in [0.15, 0.2) is 23.1 Å². The summed E-state index contributed by atoms with van der Waals surface area (Å²) in [6, 6.07) is 5.74. The summed E-state index contributed by atoms with van der Waals surface area (Å²) in [7, 11) is -3.51.